The molecule has 2 heterocycles. The second kappa shape index (κ2) is 12.2. The van der Waals surface area contributed by atoms with Crippen molar-refractivity contribution < 1.29 is 9.53 Å². The maximum atomic E-state index is 12.8. The fourth-order valence-electron chi connectivity index (χ4n) is 4.36. The summed E-state index contributed by atoms with van der Waals surface area (Å²) in [5, 5.41) is 3.45. The molecule has 1 unspecified atom stereocenters. The van der Waals surface area contributed by atoms with Gasteiger partial charge in [-0.1, -0.05) is 60.7 Å². The van der Waals surface area contributed by atoms with Crippen molar-refractivity contribution in [2.24, 2.45) is 0 Å². The molecule has 3 N–H and O–H groups in total. The monoisotopic (exact) mass is 473 g/mol. The number of carbonyl (C=O) groups excluding carboxylic acids is 1. The van der Waals surface area contributed by atoms with Gasteiger partial charge in [0.25, 0.3) is 0 Å². The van der Waals surface area contributed by atoms with Gasteiger partial charge in [-0.3, -0.25) is 4.90 Å². The number of nitrogens with one attached hydrogen (secondary N) is 1. The summed E-state index contributed by atoms with van der Waals surface area (Å²) in [6.45, 7) is 5.37. The van der Waals surface area contributed by atoms with Crippen LogP contribution in [0, 0.1) is 0 Å². The molecule has 1 fully saturated rings. The predicted octanol–water partition coefficient (Wildman–Crippen LogP) is 4.77. The molecule has 1 amide bonds. The first kappa shape index (κ1) is 24.5. The van der Waals surface area contributed by atoms with Crippen LogP contribution in [0.25, 0.3) is 0 Å². The van der Waals surface area contributed by atoms with Crippen molar-refractivity contribution in [2.75, 3.05) is 30.7 Å². The van der Waals surface area contributed by atoms with Crippen molar-refractivity contribution in [1.29, 1.82) is 0 Å². The third-order valence-corrected chi connectivity index (χ3v) is 6.48. The van der Waals surface area contributed by atoms with E-state index in [1.165, 1.54) is 11.1 Å². The van der Waals surface area contributed by atoms with Gasteiger partial charge in [-0.25, -0.2) is 9.78 Å². The first-order chi connectivity index (χ1) is 17.1. The van der Waals surface area contributed by atoms with Crippen LogP contribution in [-0.2, 0) is 17.8 Å². The Morgan fingerprint density at radius 1 is 1.03 bits per heavy atom. The molecule has 1 aromatic heterocycles. The second-order valence-corrected chi connectivity index (χ2v) is 9.14. The number of carbonyl (C=O) groups is 1. The zero-order chi connectivity index (χ0) is 24.5. The van der Waals surface area contributed by atoms with E-state index < -0.39 is 0 Å². The van der Waals surface area contributed by atoms with E-state index in [1.54, 1.807) is 11.1 Å². The SMILES string of the molecule is CC(COC(=O)N1CCC(Nc2cccnc2N)CC1)N(Cc1ccccc1)Cc1ccccc1. The van der Waals surface area contributed by atoms with Gasteiger partial charge in [0.2, 0.25) is 0 Å². The van der Waals surface area contributed by atoms with Crippen molar-refractivity contribution in [2.45, 2.75) is 44.9 Å². The predicted molar refractivity (Wildman–Crippen MR) is 140 cm³/mol. The van der Waals surface area contributed by atoms with Gasteiger partial charge >= 0.3 is 6.09 Å². The Kier molecular flexibility index (Phi) is 8.57. The number of hydrogen-bond donors (Lipinski definition) is 2. The summed E-state index contributed by atoms with van der Waals surface area (Å²) in [5.74, 6) is 0.499. The number of ether oxygens (including phenoxy) is 1. The molecule has 1 aliphatic rings. The van der Waals surface area contributed by atoms with Gasteiger partial charge in [0.1, 0.15) is 12.4 Å². The van der Waals surface area contributed by atoms with Crippen LogP contribution < -0.4 is 11.1 Å². The number of piperidine rings is 1. The van der Waals surface area contributed by atoms with E-state index >= 15 is 0 Å². The number of hydrogen-bond acceptors (Lipinski definition) is 6. The summed E-state index contributed by atoms with van der Waals surface area (Å²) >= 11 is 0. The first-order valence-electron chi connectivity index (χ1n) is 12.3. The second-order valence-electron chi connectivity index (χ2n) is 9.14. The third-order valence-electron chi connectivity index (χ3n) is 6.48. The Bertz CT molecular complexity index is 1010. The van der Waals surface area contributed by atoms with Gasteiger partial charge < -0.3 is 20.7 Å². The minimum atomic E-state index is -0.240. The largest absolute Gasteiger partial charge is 0.448 e. The van der Waals surface area contributed by atoms with Crippen LogP contribution in [0.5, 0.6) is 0 Å². The van der Waals surface area contributed by atoms with Crippen molar-refractivity contribution >= 4 is 17.6 Å². The van der Waals surface area contributed by atoms with Crippen LogP contribution in [0.1, 0.15) is 30.9 Å². The van der Waals surface area contributed by atoms with Gasteiger partial charge in [-0.15, -0.1) is 0 Å². The number of nitrogens with zero attached hydrogens (tertiary/aromatic N) is 3. The average molecular weight is 474 g/mol. The van der Waals surface area contributed by atoms with Gasteiger partial charge in [0.15, 0.2) is 0 Å². The molecule has 0 radical (unpaired) electrons. The molecule has 0 spiro atoms. The maximum absolute atomic E-state index is 12.8. The van der Waals surface area contributed by atoms with Crippen molar-refractivity contribution in [1.82, 2.24) is 14.8 Å². The van der Waals surface area contributed by atoms with Crippen molar-refractivity contribution in [3.8, 4) is 0 Å². The van der Waals surface area contributed by atoms with Crippen LogP contribution in [-0.4, -0.2) is 52.7 Å². The van der Waals surface area contributed by atoms with Gasteiger partial charge in [-0.05, 0) is 43.0 Å². The molecular weight excluding hydrogens is 438 g/mol. The Hall–Kier alpha value is -3.58. The summed E-state index contributed by atoms with van der Waals surface area (Å²) in [6.07, 6.45) is 3.12. The van der Waals surface area contributed by atoms with Gasteiger partial charge in [-0.2, -0.15) is 0 Å². The molecule has 0 bridgehead atoms. The molecule has 184 valence electrons. The van der Waals surface area contributed by atoms with Crippen molar-refractivity contribution in [3.05, 3.63) is 90.1 Å². The summed E-state index contributed by atoms with van der Waals surface area (Å²) < 4.78 is 5.77. The van der Waals surface area contributed by atoms with Crippen molar-refractivity contribution in [3.63, 3.8) is 0 Å². The number of pyridine rings is 1. The lowest BCUT2D eigenvalue weighted by Crippen LogP contribution is -2.44. The van der Waals surface area contributed by atoms with Crippen LogP contribution in [0.4, 0.5) is 16.3 Å². The average Bonchev–Trinajstić information content (AvgIpc) is 2.90. The first-order valence-corrected chi connectivity index (χ1v) is 12.3. The fraction of sp³-hybridized carbons (Fsp3) is 0.357. The Morgan fingerprint density at radius 3 is 2.20 bits per heavy atom. The highest BCUT2D eigenvalue weighted by atomic mass is 16.6. The molecular formula is C28H35N5O2. The third kappa shape index (κ3) is 7.20. The molecule has 7 nitrogen and oxygen atoms in total. The Balaban J connectivity index is 1.28. The maximum Gasteiger partial charge on any atom is 0.409 e. The lowest BCUT2D eigenvalue weighted by atomic mass is 10.1. The topological polar surface area (TPSA) is 83.7 Å². The Labute approximate surface area is 207 Å². The van der Waals surface area contributed by atoms with Crippen LogP contribution in [0.15, 0.2) is 79.0 Å². The number of amides is 1. The number of nitrogen functional groups attached to an aromatic ring is 1. The molecule has 1 saturated heterocycles. The lowest BCUT2D eigenvalue weighted by Gasteiger charge is -2.33. The van der Waals surface area contributed by atoms with E-state index in [-0.39, 0.29) is 18.2 Å². The van der Waals surface area contributed by atoms with Gasteiger partial charge in [0.05, 0.1) is 5.69 Å². The molecule has 3 aromatic rings. The summed E-state index contributed by atoms with van der Waals surface area (Å²) in [5.41, 5.74) is 9.27. The zero-order valence-corrected chi connectivity index (χ0v) is 20.3. The highest BCUT2D eigenvalue weighted by molar-refractivity contribution is 5.68. The molecule has 1 atom stereocenters. The number of nitrogens with two attached hydrogens (primary N) is 1. The highest BCUT2D eigenvalue weighted by Crippen LogP contribution is 2.21. The summed E-state index contributed by atoms with van der Waals surface area (Å²) in [7, 11) is 0. The summed E-state index contributed by atoms with van der Waals surface area (Å²) in [4.78, 5) is 21.1. The number of rotatable bonds is 9. The number of benzene rings is 2. The number of likely N-dealkylation sites (tertiary alicyclic amines) is 1. The van der Waals surface area contributed by atoms with Gasteiger partial charge in [0, 0.05) is 44.5 Å². The highest BCUT2D eigenvalue weighted by Gasteiger charge is 2.25. The van der Waals surface area contributed by atoms with Crippen LogP contribution >= 0.6 is 0 Å². The minimum absolute atomic E-state index is 0.0760. The quantitative estimate of drug-likeness (QED) is 0.466. The van der Waals surface area contributed by atoms with Crippen LogP contribution in [0.2, 0.25) is 0 Å². The number of anilines is 2. The summed E-state index contributed by atoms with van der Waals surface area (Å²) in [6, 6.07) is 25.0. The fourth-order valence-corrected chi connectivity index (χ4v) is 4.36. The molecule has 7 heteroatoms. The van der Waals surface area contributed by atoms with Crippen LogP contribution in [0.3, 0.4) is 0 Å². The van der Waals surface area contributed by atoms with E-state index in [9.17, 15) is 4.79 Å². The molecule has 1 aliphatic heterocycles. The molecule has 0 saturated carbocycles. The molecule has 35 heavy (non-hydrogen) atoms. The standard InChI is InChI=1S/C28H35N5O2/c1-22(33(19-23-9-4-2-5-10-23)20-24-11-6-3-7-12-24)21-35-28(34)32-17-14-25(15-18-32)31-26-13-8-16-30-27(26)29/h2-13,16,22,25,31H,14-15,17-21H2,1H3,(H2,29,30). The smallest absolute Gasteiger partial charge is 0.409 e. The van der Waals surface area contributed by atoms with E-state index in [2.05, 4.69) is 70.7 Å². The Morgan fingerprint density at radius 2 is 1.63 bits per heavy atom. The molecule has 0 aliphatic carbocycles. The number of aromatic nitrogens is 1. The van der Waals surface area contributed by atoms with E-state index in [4.69, 9.17) is 10.5 Å². The normalized spacial score (nSPS) is 15.1. The minimum Gasteiger partial charge on any atom is -0.448 e. The zero-order valence-electron chi connectivity index (χ0n) is 20.3. The van der Waals surface area contributed by atoms with E-state index in [1.807, 2.05) is 24.3 Å². The van der Waals surface area contributed by atoms with E-state index in [0.29, 0.717) is 25.5 Å². The van der Waals surface area contributed by atoms with E-state index in [0.717, 1.165) is 31.6 Å². The molecule has 2 aromatic carbocycles. The lowest BCUT2D eigenvalue weighted by molar-refractivity contribution is 0.0595. The molecule has 4 rings (SSSR count).